The highest BCUT2D eigenvalue weighted by molar-refractivity contribution is 7.89. The lowest BCUT2D eigenvalue weighted by atomic mass is 10.2. The summed E-state index contributed by atoms with van der Waals surface area (Å²) in [5.74, 6) is -0.0611. The number of aliphatic hydroxyl groups is 1. The van der Waals surface area contributed by atoms with Gasteiger partial charge in [0.2, 0.25) is 0 Å². The van der Waals surface area contributed by atoms with Crippen molar-refractivity contribution in [3.63, 3.8) is 0 Å². The Bertz CT molecular complexity index is 1410. The fraction of sp³-hybridized carbons (Fsp3) is 0.400. The number of benzene rings is 2. The minimum Gasteiger partial charge on any atom is -0.451 e. The van der Waals surface area contributed by atoms with Crippen LogP contribution in [0.25, 0.3) is 10.9 Å². The molecule has 4 N–H and O–H groups in total. The lowest BCUT2D eigenvalue weighted by molar-refractivity contribution is -0.142. The SMILES string of the molecule is COC(=O)n1nc(N)c2cc(S(=O)(=O)N(CC(O)CNC(=O)OCc3ccccc3)OC3CCCC3)ccc21. The van der Waals surface area contributed by atoms with E-state index in [0.29, 0.717) is 12.8 Å². The van der Waals surface area contributed by atoms with Gasteiger partial charge in [0.1, 0.15) is 6.61 Å². The lowest BCUT2D eigenvalue weighted by Gasteiger charge is -2.27. The number of carbonyl (C=O) groups is 2. The number of nitrogens with one attached hydrogen (secondary N) is 1. The molecule has 2 aromatic carbocycles. The molecule has 1 heterocycles. The van der Waals surface area contributed by atoms with E-state index in [2.05, 4.69) is 15.2 Å². The minimum atomic E-state index is -4.29. The summed E-state index contributed by atoms with van der Waals surface area (Å²) in [6, 6.07) is 13.0. The number of fused-ring (bicyclic) bond motifs is 1. The van der Waals surface area contributed by atoms with Crippen LogP contribution in [0, 0.1) is 0 Å². The number of amides is 1. The van der Waals surface area contributed by atoms with Crippen LogP contribution >= 0.6 is 0 Å². The number of hydrogen-bond donors (Lipinski definition) is 3. The fourth-order valence-corrected chi connectivity index (χ4v) is 5.54. The number of hydrogen-bond acceptors (Lipinski definition) is 10. The maximum atomic E-state index is 13.6. The van der Waals surface area contributed by atoms with Crippen molar-refractivity contribution >= 4 is 38.9 Å². The predicted molar refractivity (Wildman–Crippen MR) is 140 cm³/mol. The molecule has 39 heavy (non-hydrogen) atoms. The summed E-state index contributed by atoms with van der Waals surface area (Å²) in [5, 5.41) is 17.2. The van der Waals surface area contributed by atoms with Crippen molar-refractivity contribution < 1.29 is 37.4 Å². The molecule has 0 radical (unpaired) electrons. The standard InChI is InChI=1S/C25H31N5O8S/c1-36-25(33)30-22-12-11-20(13-21(22)23(26)28-30)39(34,35)29(38-19-9-5-6-10-19)15-18(31)14-27-24(32)37-16-17-7-3-2-4-8-17/h2-4,7-8,11-13,18-19,31H,5-6,9-10,14-16H2,1H3,(H2,26,28)(H,27,32). The van der Waals surface area contributed by atoms with Gasteiger partial charge in [0, 0.05) is 11.9 Å². The Hall–Kier alpha value is -3.72. The molecule has 1 aromatic heterocycles. The quantitative estimate of drug-likeness (QED) is 0.312. The molecule has 1 atom stereocenters. The number of ether oxygens (including phenoxy) is 2. The summed E-state index contributed by atoms with van der Waals surface area (Å²) in [7, 11) is -3.11. The molecule has 4 rings (SSSR count). The Labute approximate surface area is 225 Å². The number of nitrogen functional groups attached to an aromatic ring is 1. The topological polar surface area (TPSA) is 175 Å². The number of sulfonamides is 1. The first-order valence-corrected chi connectivity index (χ1v) is 13.8. The van der Waals surface area contributed by atoms with Gasteiger partial charge in [0.15, 0.2) is 5.82 Å². The third kappa shape index (κ3) is 6.84. The number of nitrogens with two attached hydrogens (primary N) is 1. The van der Waals surface area contributed by atoms with Crippen molar-refractivity contribution in [2.45, 2.75) is 49.4 Å². The number of carbonyl (C=O) groups excluding carboxylic acids is 2. The molecule has 0 saturated heterocycles. The second-order valence-electron chi connectivity index (χ2n) is 9.04. The van der Waals surface area contributed by atoms with Crippen LogP contribution in [0.2, 0.25) is 0 Å². The second kappa shape index (κ2) is 12.4. The molecule has 14 heteroatoms. The molecular formula is C25H31N5O8S. The number of rotatable bonds is 10. The van der Waals surface area contributed by atoms with E-state index in [0.717, 1.165) is 27.6 Å². The van der Waals surface area contributed by atoms with Crippen molar-refractivity contribution in [2.75, 3.05) is 25.9 Å². The molecule has 210 valence electrons. The van der Waals surface area contributed by atoms with Crippen LogP contribution in [0.3, 0.4) is 0 Å². The van der Waals surface area contributed by atoms with Crippen LogP contribution < -0.4 is 11.1 Å². The second-order valence-corrected chi connectivity index (χ2v) is 10.9. The van der Waals surface area contributed by atoms with E-state index in [1.54, 1.807) is 12.1 Å². The molecule has 1 saturated carbocycles. The Kier molecular flexibility index (Phi) is 9.01. The summed E-state index contributed by atoms with van der Waals surface area (Å²) in [6.45, 7) is -0.676. The van der Waals surface area contributed by atoms with Crippen LogP contribution in [0.4, 0.5) is 15.4 Å². The normalized spacial score (nSPS) is 14.9. The first-order valence-electron chi connectivity index (χ1n) is 12.4. The van der Waals surface area contributed by atoms with Crippen molar-refractivity contribution in [1.82, 2.24) is 19.6 Å². The molecule has 1 aliphatic rings. The monoisotopic (exact) mass is 561 g/mol. The zero-order valence-corrected chi connectivity index (χ0v) is 22.2. The highest BCUT2D eigenvalue weighted by atomic mass is 32.2. The minimum absolute atomic E-state index is 0.0479. The molecule has 13 nitrogen and oxygen atoms in total. The van der Waals surface area contributed by atoms with Crippen molar-refractivity contribution in [1.29, 1.82) is 0 Å². The molecule has 3 aromatic rings. The zero-order valence-electron chi connectivity index (χ0n) is 21.4. The molecular weight excluding hydrogens is 530 g/mol. The summed E-state index contributed by atoms with van der Waals surface area (Å²) in [6.07, 6.45) is -0.0540. The third-order valence-electron chi connectivity index (χ3n) is 6.22. The average molecular weight is 562 g/mol. The molecule has 0 bridgehead atoms. The van der Waals surface area contributed by atoms with Crippen LogP contribution in [-0.4, -0.2) is 72.4 Å². The van der Waals surface area contributed by atoms with Gasteiger partial charge < -0.3 is 25.6 Å². The largest absolute Gasteiger partial charge is 0.451 e. The van der Waals surface area contributed by atoms with Gasteiger partial charge in [-0.25, -0.2) is 18.0 Å². The molecule has 0 aliphatic heterocycles. The predicted octanol–water partition coefficient (Wildman–Crippen LogP) is 2.39. The van der Waals surface area contributed by atoms with Crippen molar-refractivity contribution in [3.8, 4) is 0 Å². The van der Waals surface area contributed by atoms with Crippen molar-refractivity contribution in [3.05, 3.63) is 54.1 Å². The number of alkyl carbamates (subject to hydrolysis) is 1. The van der Waals surface area contributed by atoms with Crippen LogP contribution in [0.1, 0.15) is 31.2 Å². The van der Waals surface area contributed by atoms with Gasteiger partial charge in [-0.15, -0.1) is 5.10 Å². The average Bonchev–Trinajstić information content (AvgIpc) is 3.58. The number of aliphatic hydroxyl groups excluding tert-OH is 1. The maximum absolute atomic E-state index is 13.6. The van der Waals surface area contributed by atoms with Crippen LogP contribution in [-0.2, 0) is 30.9 Å². The van der Waals surface area contributed by atoms with Gasteiger partial charge in [0.05, 0.1) is 36.3 Å². The van der Waals surface area contributed by atoms with Gasteiger partial charge in [-0.2, -0.15) is 4.68 Å². The Morgan fingerprint density at radius 2 is 1.92 bits per heavy atom. The highest BCUT2D eigenvalue weighted by Crippen LogP contribution is 2.29. The first-order chi connectivity index (χ1) is 18.7. The van der Waals surface area contributed by atoms with Gasteiger partial charge in [0.25, 0.3) is 10.0 Å². The van der Waals surface area contributed by atoms with Crippen LogP contribution in [0.5, 0.6) is 0 Å². The molecule has 0 spiro atoms. The van der Waals surface area contributed by atoms with Gasteiger partial charge in [-0.05, 0) is 36.6 Å². The number of methoxy groups -OCH3 is 1. The molecule has 1 amide bonds. The van der Waals surface area contributed by atoms with Crippen LogP contribution in [0.15, 0.2) is 53.4 Å². The molecule has 1 unspecified atom stereocenters. The third-order valence-corrected chi connectivity index (χ3v) is 7.84. The van der Waals surface area contributed by atoms with E-state index in [9.17, 15) is 23.1 Å². The lowest BCUT2D eigenvalue weighted by Crippen LogP contribution is -2.44. The fourth-order valence-electron chi connectivity index (χ4n) is 4.19. The van der Waals surface area contributed by atoms with E-state index >= 15 is 0 Å². The summed E-state index contributed by atoms with van der Waals surface area (Å²) < 4.78 is 38.7. The van der Waals surface area contributed by atoms with E-state index in [-0.39, 0.29) is 40.9 Å². The summed E-state index contributed by atoms with van der Waals surface area (Å²) in [5.41, 5.74) is 6.99. The van der Waals surface area contributed by atoms with E-state index in [4.69, 9.17) is 15.3 Å². The Morgan fingerprint density at radius 1 is 1.21 bits per heavy atom. The number of anilines is 1. The first kappa shape index (κ1) is 28.3. The Balaban J connectivity index is 1.47. The van der Waals surface area contributed by atoms with E-state index in [1.165, 1.54) is 25.3 Å². The number of hydroxylamine groups is 1. The maximum Gasteiger partial charge on any atom is 0.435 e. The van der Waals surface area contributed by atoms with Gasteiger partial charge >= 0.3 is 12.2 Å². The van der Waals surface area contributed by atoms with Gasteiger partial charge in [-0.1, -0.05) is 47.6 Å². The molecule has 1 fully saturated rings. The van der Waals surface area contributed by atoms with E-state index in [1.807, 2.05) is 18.2 Å². The highest BCUT2D eigenvalue weighted by Gasteiger charge is 2.32. The molecule has 1 aliphatic carbocycles. The zero-order chi connectivity index (χ0) is 28.0. The number of aromatic nitrogens is 2. The van der Waals surface area contributed by atoms with E-state index < -0.39 is 34.9 Å². The summed E-state index contributed by atoms with van der Waals surface area (Å²) >= 11 is 0. The smallest absolute Gasteiger partial charge is 0.435 e. The summed E-state index contributed by atoms with van der Waals surface area (Å²) in [4.78, 5) is 29.7. The number of nitrogens with zero attached hydrogens (tertiary/aromatic N) is 3. The Morgan fingerprint density at radius 3 is 2.62 bits per heavy atom. The van der Waals surface area contributed by atoms with Gasteiger partial charge in [-0.3, -0.25) is 4.84 Å². The van der Waals surface area contributed by atoms with Crippen molar-refractivity contribution in [2.24, 2.45) is 0 Å².